The molecular weight excluding hydrogens is 410 g/mol. The van der Waals surface area contributed by atoms with Crippen LogP contribution in [0.15, 0.2) is 66.7 Å². The highest BCUT2D eigenvalue weighted by atomic mass is 16.5. The molecule has 170 valence electrons. The fourth-order valence-electron chi connectivity index (χ4n) is 3.58. The first-order chi connectivity index (χ1) is 15.9. The molecule has 0 radical (unpaired) electrons. The van der Waals surface area contributed by atoms with Crippen LogP contribution in [-0.4, -0.2) is 24.7 Å². The number of carbonyl (C=O) groups is 1. The smallest absolute Gasteiger partial charge is 0.304 e. The number of carboxylic acids is 1. The molecule has 33 heavy (non-hydrogen) atoms. The Hall–Kier alpha value is -3.55. The summed E-state index contributed by atoms with van der Waals surface area (Å²) in [6.45, 7) is 5.37. The maximum atomic E-state index is 10.6. The SMILES string of the molecule is COc1cccc(C(C#Cc2ccc(CNCCC(=O)O)cc2)Cc2ccc(C)c(C)c2)c1. The molecule has 0 aliphatic carbocycles. The summed E-state index contributed by atoms with van der Waals surface area (Å²) in [7, 11) is 1.68. The Bertz CT molecular complexity index is 1140. The summed E-state index contributed by atoms with van der Waals surface area (Å²) in [5, 5.41) is 11.9. The lowest BCUT2D eigenvalue weighted by molar-refractivity contribution is -0.136. The van der Waals surface area contributed by atoms with Crippen LogP contribution in [0.25, 0.3) is 0 Å². The quantitative estimate of drug-likeness (QED) is 0.352. The first-order valence-electron chi connectivity index (χ1n) is 11.2. The maximum absolute atomic E-state index is 10.6. The predicted octanol–water partition coefficient (Wildman–Crippen LogP) is 5.25. The van der Waals surface area contributed by atoms with E-state index >= 15 is 0 Å². The van der Waals surface area contributed by atoms with Gasteiger partial charge < -0.3 is 15.2 Å². The monoisotopic (exact) mass is 441 g/mol. The van der Waals surface area contributed by atoms with Crippen molar-refractivity contribution in [2.24, 2.45) is 0 Å². The zero-order valence-corrected chi connectivity index (χ0v) is 19.5. The van der Waals surface area contributed by atoms with Crippen LogP contribution in [0.5, 0.6) is 5.75 Å². The zero-order chi connectivity index (χ0) is 23.6. The summed E-state index contributed by atoms with van der Waals surface area (Å²) in [6, 6.07) is 22.8. The van der Waals surface area contributed by atoms with E-state index in [9.17, 15) is 4.79 Å². The van der Waals surface area contributed by atoms with Gasteiger partial charge in [-0.1, -0.05) is 54.3 Å². The van der Waals surface area contributed by atoms with E-state index in [4.69, 9.17) is 9.84 Å². The topological polar surface area (TPSA) is 58.6 Å². The number of rotatable bonds is 9. The Labute approximate surface area is 196 Å². The van der Waals surface area contributed by atoms with Crippen LogP contribution in [0.3, 0.4) is 0 Å². The second kappa shape index (κ2) is 11.9. The third kappa shape index (κ3) is 7.52. The standard InChI is InChI=1S/C29H31NO3/c1-21-7-8-25(17-22(21)2)18-27(26-5-4-6-28(19-26)33-3)14-13-23-9-11-24(12-10-23)20-30-16-15-29(31)32/h4-12,17,19,27,30H,15-16,18,20H2,1-3H3,(H,31,32). The van der Waals surface area contributed by atoms with Crippen molar-refractivity contribution in [3.63, 3.8) is 0 Å². The van der Waals surface area contributed by atoms with Gasteiger partial charge in [0, 0.05) is 24.6 Å². The van der Waals surface area contributed by atoms with Crippen molar-refractivity contribution in [1.82, 2.24) is 5.32 Å². The molecule has 2 N–H and O–H groups in total. The van der Waals surface area contributed by atoms with Gasteiger partial charge in [0.1, 0.15) is 5.75 Å². The van der Waals surface area contributed by atoms with Crippen molar-refractivity contribution in [2.75, 3.05) is 13.7 Å². The fraction of sp³-hybridized carbons (Fsp3) is 0.276. The predicted molar refractivity (Wildman–Crippen MR) is 133 cm³/mol. The van der Waals surface area contributed by atoms with E-state index < -0.39 is 5.97 Å². The second-order valence-corrected chi connectivity index (χ2v) is 8.24. The van der Waals surface area contributed by atoms with Crippen molar-refractivity contribution in [3.8, 4) is 17.6 Å². The maximum Gasteiger partial charge on any atom is 0.304 e. The molecule has 4 heteroatoms. The van der Waals surface area contributed by atoms with Crippen molar-refractivity contribution >= 4 is 5.97 Å². The number of ether oxygens (including phenoxy) is 1. The molecular formula is C29H31NO3. The van der Waals surface area contributed by atoms with Crippen molar-refractivity contribution in [1.29, 1.82) is 0 Å². The van der Waals surface area contributed by atoms with E-state index in [0.29, 0.717) is 13.1 Å². The third-order valence-corrected chi connectivity index (χ3v) is 5.70. The zero-order valence-electron chi connectivity index (χ0n) is 19.5. The molecule has 0 aliphatic heterocycles. The van der Waals surface area contributed by atoms with Gasteiger partial charge >= 0.3 is 5.97 Å². The molecule has 0 amide bonds. The van der Waals surface area contributed by atoms with Crippen LogP contribution < -0.4 is 10.1 Å². The van der Waals surface area contributed by atoms with Crippen LogP contribution >= 0.6 is 0 Å². The Balaban J connectivity index is 1.77. The number of aliphatic carboxylic acids is 1. The van der Waals surface area contributed by atoms with Gasteiger partial charge in [-0.2, -0.15) is 0 Å². The molecule has 4 nitrogen and oxygen atoms in total. The molecule has 3 rings (SSSR count). The largest absolute Gasteiger partial charge is 0.497 e. The molecule has 3 aromatic carbocycles. The average Bonchev–Trinajstić information content (AvgIpc) is 2.82. The summed E-state index contributed by atoms with van der Waals surface area (Å²) in [4.78, 5) is 10.6. The van der Waals surface area contributed by atoms with Gasteiger partial charge in [-0.25, -0.2) is 0 Å². The number of nitrogens with one attached hydrogen (secondary N) is 1. The summed E-state index contributed by atoms with van der Waals surface area (Å²) in [6.07, 6.45) is 0.947. The summed E-state index contributed by atoms with van der Waals surface area (Å²) < 4.78 is 5.43. The molecule has 0 aromatic heterocycles. The number of carboxylic acid groups (broad SMARTS) is 1. The minimum absolute atomic E-state index is 0.0413. The highest BCUT2D eigenvalue weighted by Gasteiger charge is 2.12. The molecule has 3 aromatic rings. The van der Waals surface area contributed by atoms with Gasteiger partial charge in [-0.3, -0.25) is 4.79 Å². The van der Waals surface area contributed by atoms with Crippen molar-refractivity contribution in [3.05, 3.63) is 100 Å². The van der Waals surface area contributed by atoms with Gasteiger partial charge in [-0.15, -0.1) is 0 Å². The lowest BCUT2D eigenvalue weighted by Gasteiger charge is -2.14. The van der Waals surface area contributed by atoms with Crippen molar-refractivity contribution in [2.45, 2.75) is 39.2 Å². The lowest BCUT2D eigenvalue weighted by Crippen LogP contribution is -2.17. The average molecular weight is 442 g/mol. The van der Waals surface area contributed by atoms with Gasteiger partial charge in [0.25, 0.3) is 0 Å². The molecule has 0 heterocycles. The molecule has 0 spiro atoms. The van der Waals surface area contributed by atoms with E-state index in [1.807, 2.05) is 36.4 Å². The first-order valence-corrected chi connectivity index (χ1v) is 11.2. The number of methoxy groups -OCH3 is 1. The van der Waals surface area contributed by atoms with Crippen molar-refractivity contribution < 1.29 is 14.6 Å². The molecule has 1 unspecified atom stereocenters. The Morgan fingerprint density at radius 1 is 1.00 bits per heavy atom. The Kier molecular flexibility index (Phi) is 8.69. The molecule has 0 fully saturated rings. The molecule has 0 aliphatic rings. The lowest BCUT2D eigenvalue weighted by atomic mass is 9.91. The van der Waals surface area contributed by atoms with Crippen LogP contribution in [0, 0.1) is 25.7 Å². The minimum atomic E-state index is -0.792. The number of hydrogen-bond acceptors (Lipinski definition) is 3. The Morgan fingerprint density at radius 2 is 1.76 bits per heavy atom. The molecule has 0 saturated carbocycles. The van der Waals surface area contributed by atoms with Crippen LogP contribution in [0.4, 0.5) is 0 Å². The fourth-order valence-corrected chi connectivity index (χ4v) is 3.58. The highest BCUT2D eigenvalue weighted by Crippen LogP contribution is 2.25. The van der Waals surface area contributed by atoms with E-state index in [1.54, 1.807) is 7.11 Å². The number of hydrogen-bond donors (Lipinski definition) is 2. The van der Waals surface area contributed by atoms with Crippen LogP contribution in [-0.2, 0) is 17.8 Å². The van der Waals surface area contributed by atoms with E-state index in [1.165, 1.54) is 16.7 Å². The summed E-state index contributed by atoms with van der Waals surface area (Å²) >= 11 is 0. The van der Waals surface area contributed by atoms with E-state index in [2.05, 4.69) is 61.3 Å². The van der Waals surface area contributed by atoms with Gasteiger partial charge in [-0.05, 0) is 72.4 Å². The molecule has 1 atom stereocenters. The summed E-state index contributed by atoms with van der Waals surface area (Å²) in [5.74, 6) is 6.91. The molecule has 0 bridgehead atoms. The molecule has 0 saturated heterocycles. The number of aryl methyl sites for hydroxylation is 2. The van der Waals surface area contributed by atoms with Crippen LogP contribution in [0.1, 0.15) is 45.7 Å². The van der Waals surface area contributed by atoms with E-state index in [0.717, 1.165) is 28.9 Å². The Morgan fingerprint density at radius 3 is 2.45 bits per heavy atom. The van der Waals surface area contributed by atoms with Gasteiger partial charge in [0.2, 0.25) is 0 Å². The summed E-state index contributed by atoms with van der Waals surface area (Å²) in [5.41, 5.74) is 7.04. The number of benzene rings is 3. The van der Waals surface area contributed by atoms with Gasteiger partial charge in [0.15, 0.2) is 0 Å². The normalized spacial score (nSPS) is 11.4. The van der Waals surface area contributed by atoms with Crippen LogP contribution in [0.2, 0.25) is 0 Å². The van der Waals surface area contributed by atoms with E-state index in [-0.39, 0.29) is 12.3 Å². The highest BCUT2D eigenvalue weighted by molar-refractivity contribution is 5.66. The van der Waals surface area contributed by atoms with Gasteiger partial charge in [0.05, 0.1) is 13.5 Å². The minimum Gasteiger partial charge on any atom is -0.497 e. The third-order valence-electron chi connectivity index (χ3n) is 5.70. The first kappa shape index (κ1) is 24.1. The second-order valence-electron chi connectivity index (χ2n) is 8.24.